The molecule has 1 unspecified atom stereocenters. The zero-order valence-electron chi connectivity index (χ0n) is 17.4. The number of nitrogens with one attached hydrogen (secondary N) is 1. The van der Waals surface area contributed by atoms with E-state index in [4.69, 9.17) is 0 Å². The molecule has 4 aromatic rings. The van der Waals surface area contributed by atoms with Crippen LogP contribution in [0.5, 0.6) is 0 Å². The fourth-order valence-electron chi connectivity index (χ4n) is 3.52. The lowest BCUT2D eigenvalue weighted by Gasteiger charge is -2.25. The summed E-state index contributed by atoms with van der Waals surface area (Å²) in [5, 5.41) is 5.00. The van der Waals surface area contributed by atoms with Crippen molar-refractivity contribution in [3.8, 4) is 11.8 Å². The summed E-state index contributed by atoms with van der Waals surface area (Å²) in [6.07, 6.45) is 0. The molecule has 152 valence electrons. The maximum atomic E-state index is 14.5. The van der Waals surface area contributed by atoms with Gasteiger partial charge in [-0.1, -0.05) is 90.7 Å². The molecule has 0 radical (unpaired) electrons. The molecule has 0 amide bonds. The van der Waals surface area contributed by atoms with E-state index in [1.165, 1.54) is 0 Å². The number of hydrogen-bond acceptors (Lipinski definition) is 1. The van der Waals surface area contributed by atoms with Crippen LogP contribution >= 0.6 is 7.29 Å². The van der Waals surface area contributed by atoms with Crippen molar-refractivity contribution in [1.29, 1.82) is 0 Å². The molecule has 0 heterocycles. The molecule has 3 heteroatoms. The Labute approximate surface area is 184 Å². The van der Waals surface area contributed by atoms with E-state index >= 15 is 0 Å². The van der Waals surface area contributed by atoms with Gasteiger partial charge in [0.25, 0.3) is 0 Å². The molecule has 0 aliphatic rings. The number of hydrogen-bond donors (Lipinski definition) is 1. The summed E-state index contributed by atoms with van der Waals surface area (Å²) < 4.78 is 14.5. The van der Waals surface area contributed by atoms with Crippen molar-refractivity contribution < 1.29 is 4.57 Å². The first-order valence-corrected chi connectivity index (χ1v) is 12.0. The predicted octanol–water partition coefficient (Wildman–Crippen LogP) is 5.61. The van der Waals surface area contributed by atoms with Gasteiger partial charge in [-0.2, -0.15) is 0 Å². The number of rotatable bonds is 5. The van der Waals surface area contributed by atoms with Crippen LogP contribution in [0.2, 0.25) is 0 Å². The first-order valence-electron chi connectivity index (χ1n) is 10.3. The summed E-state index contributed by atoms with van der Waals surface area (Å²) in [4.78, 5) is 0. The van der Waals surface area contributed by atoms with Crippen molar-refractivity contribution in [2.45, 2.75) is 13.0 Å². The first-order chi connectivity index (χ1) is 15.2. The predicted molar refractivity (Wildman–Crippen MR) is 130 cm³/mol. The van der Waals surface area contributed by atoms with Crippen LogP contribution in [0.25, 0.3) is 0 Å². The highest BCUT2D eigenvalue weighted by Crippen LogP contribution is 2.42. The van der Waals surface area contributed by atoms with Crippen molar-refractivity contribution in [2.75, 3.05) is 0 Å². The van der Waals surface area contributed by atoms with E-state index in [0.717, 1.165) is 27.3 Å². The molecular weight excluding hydrogens is 397 g/mol. The maximum Gasteiger partial charge on any atom is 0.205 e. The summed E-state index contributed by atoms with van der Waals surface area (Å²) >= 11 is 0. The molecule has 0 bridgehead atoms. The van der Waals surface area contributed by atoms with Crippen molar-refractivity contribution >= 4 is 17.9 Å². The van der Waals surface area contributed by atoms with Crippen LogP contribution in [0.15, 0.2) is 115 Å². The largest absolute Gasteiger partial charge is 0.296 e. The van der Waals surface area contributed by atoms with E-state index < -0.39 is 13.3 Å². The van der Waals surface area contributed by atoms with Crippen LogP contribution in [-0.2, 0) is 4.57 Å². The molecule has 2 nitrogen and oxygen atoms in total. The third-order valence-corrected chi connectivity index (χ3v) is 7.86. The Hall–Kier alpha value is -3.37. The van der Waals surface area contributed by atoms with Crippen molar-refractivity contribution in [2.24, 2.45) is 0 Å². The number of aryl methyl sites for hydroxylation is 1. The van der Waals surface area contributed by atoms with Gasteiger partial charge in [0.1, 0.15) is 6.04 Å². The van der Waals surface area contributed by atoms with E-state index in [1.807, 2.05) is 109 Å². The highest BCUT2D eigenvalue weighted by atomic mass is 31.2. The molecule has 1 atom stereocenters. The highest BCUT2D eigenvalue weighted by Gasteiger charge is 2.30. The van der Waals surface area contributed by atoms with Gasteiger partial charge in [0, 0.05) is 16.2 Å². The SMILES string of the molecule is Cc1ccccc1C(C#Cc1ccccc1)NP(=O)(c1ccccc1)c1ccccc1. The fraction of sp³-hybridized carbons (Fsp3) is 0.0714. The monoisotopic (exact) mass is 421 g/mol. The maximum absolute atomic E-state index is 14.5. The topological polar surface area (TPSA) is 29.1 Å². The second-order valence-corrected chi connectivity index (χ2v) is 9.84. The highest BCUT2D eigenvalue weighted by molar-refractivity contribution is 7.76. The lowest BCUT2D eigenvalue weighted by atomic mass is 10.0. The minimum Gasteiger partial charge on any atom is -0.296 e. The van der Waals surface area contributed by atoms with Gasteiger partial charge in [0.2, 0.25) is 7.29 Å². The van der Waals surface area contributed by atoms with E-state index in [-0.39, 0.29) is 0 Å². The molecule has 0 spiro atoms. The summed E-state index contributed by atoms with van der Waals surface area (Å²) in [7, 11) is -3.14. The fourth-order valence-corrected chi connectivity index (χ4v) is 5.87. The molecule has 0 saturated carbocycles. The molecule has 1 N–H and O–H groups in total. The van der Waals surface area contributed by atoms with Gasteiger partial charge in [-0.25, -0.2) is 5.09 Å². The smallest absolute Gasteiger partial charge is 0.205 e. The van der Waals surface area contributed by atoms with Crippen LogP contribution in [0.3, 0.4) is 0 Å². The van der Waals surface area contributed by atoms with E-state index in [1.54, 1.807) is 0 Å². The molecule has 0 aromatic heterocycles. The summed E-state index contributed by atoms with van der Waals surface area (Å²) in [6.45, 7) is 2.06. The van der Waals surface area contributed by atoms with E-state index in [9.17, 15) is 4.57 Å². The molecule has 0 aliphatic carbocycles. The van der Waals surface area contributed by atoms with Crippen LogP contribution in [0.4, 0.5) is 0 Å². The second-order valence-electron chi connectivity index (χ2n) is 7.33. The Balaban J connectivity index is 1.83. The molecule has 4 rings (SSSR count). The Morgan fingerprint density at radius 2 is 1.16 bits per heavy atom. The minimum absolute atomic E-state index is 0.396. The molecule has 0 aliphatic heterocycles. The lowest BCUT2D eigenvalue weighted by molar-refractivity contribution is 0.574. The van der Waals surface area contributed by atoms with Gasteiger partial charge in [-0.05, 0) is 54.4 Å². The third-order valence-electron chi connectivity index (χ3n) is 5.18. The van der Waals surface area contributed by atoms with E-state index in [0.29, 0.717) is 0 Å². The Morgan fingerprint density at radius 1 is 0.677 bits per heavy atom. The molecule has 4 aromatic carbocycles. The van der Waals surface area contributed by atoms with Crippen LogP contribution in [0, 0.1) is 18.8 Å². The van der Waals surface area contributed by atoms with Gasteiger partial charge in [0.05, 0.1) is 0 Å². The molecular formula is C28H24NOP. The van der Waals surface area contributed by atoms with Gasteiger partial charge < -0.3 is 0 Å². The van der Waals surface area contributed by atoms with E-state index in [2.05, 4.69) is 29.9 Å². The number of benzene rings is 4. The van der Waals surface area contributed by atoms with Crippen molar-refractivity contribution in [3.63, 3.8) is 0 Å². The Bertz CT molecular complexity index is 1200. The van der Waals surface area contributed by atoms with Crippen LogP contribution in [0.1, 0.15) is 22.7 Å². The minimum atomic E-state index is -3.14. The summed E-state index contributed by atoms with van der Waals surface area (Å²) in [6, 6.07) is 36.8. The Kier molecular flexibility index (Phi) is 6.48. The first kappa shape index (κ1) is 20.9. The molecule has 0 saturated heterocycles. The van der Waals surface area contributed by atoms with Gasteiger partial charge >= 0.3 is 0 Å². The van der Waals surface area contributed by atoms with Gasteiger partial charge in [0.15, 0.2) is 0 Å². The molecule has 31 heavy (non-hydrogen) atoms. The second kappa shape index (κ2) is 9.63. The average molecular weight is 421 g/mol. The summed E-state index contributed by atoms with van der Waals surface area (Å²) in [5.74, 6) is 6.62. The van der Waals surface area contributed by atoms with Crippen LogP contribution in [-0.4, -0.2) is 0 Å². The molecule has 0 fully saturated rings. The third kappa shape index (κ3) is 4.86. The van der Waals surface area contributed by atoms with Crippen molar-refractivity contribution in [1.82, 2.24) is 5.09 Å². The van der Waals surface area contributed by atoms with Gasteiger partial charge in [-0.15, -0.1) is 0 Å². The average Bonchev–Trinajstić information content (AvgIpc) is 2.84. The lowest BCUT2D eigenvalue weighted by Crippen LogP contribution is -2.30. The quantitative estimate of drug-likeness (QED) is 0.335. The van der Waals surface area contributed by atoms with Crippen molar-refractivity contribution in [3.05, 3.63) is 132 Å². The zero-order chi connectivity index (χ0) is 21.5. The normalized spacial score (nSPS) is 11.9. The van der Waals surface area contributed by atoms with Gasteiger partial charge in [-0.3, -0.25) is 4.57 Å². The zero-order valence-corrected chi connectivity index (χ0v) is 18.3. The Morgan fingerprint density at radius 3 is 1.71 bits per heavy atom. The standard InChI is InChI=1S/C28H24NOP/c1-23-13-11-12-20-27(23)28(22-21-24-14-5-2-6-15-24)29-31(30,25-16-7-3-8-17-25)26-18-9-4-10-19-26/h2-20,28H,1H3,(H,29,30). The summed E-state index contributed by atoms with van der Waals surface area (Å²) in [5.41, 5.74) is 3.06. The van der Waals surface area contributed by atoms with Crippen LogP contribution < -0.4 is 15.7 Å².